The molecule has 7 heteroatoms. The molecule has 1 aromatic carbocycles. The fraction of sp³-hybridized carbons (Fsp3) is 0.286. The van der Waals surface area contributed by atoms with Crippen LogP contribution in [0, 0.1) is 5.41 Å². The summed E-state index contributed by atoms with van der Waals surface area (Å²) >= 11 is 0. The molecule has 5 rings (SSSR count). The molecule has 0 N–H and O–H groups in total. The highest BCUT2D eigenvalue weighted by Gasteiger charge is 2.27. The molecular weight excluding hydrogens is 354 g/mol. The van der Waals surface area contributed by atoms with Gasteiger partial charge in [0.05, 0.1) is 10.9 Å². The van der Waals surface area contributed by atoms with E-state index in [4.69, 9.17) is 9.51 Å². The van der Waals surface area contributed by atoms with Crippen LogP contribution in [0.15, 0.2) is 51.9 Å². The second-order valence-electron chi connectivity index (χ2n) is 7.95. The van der Waals surface area contributed by atoms with Crippen molar-refractivity contribution < 1.29 is 4.52 Å². The Balaban J connectivity index is 1.58. The molecule has 140 valence electrons. The summed E-state index contributed by atoms with van der Waals surface area (Å²) in [5, 5.41) is 4.62. The highest BCUT2D eigenvalue weighted by molar-refractivity contribution is 5.82. The molecule has 0 spiro atoms. The third-order valence-corrected chi connectivity index (χ3v) is 5.21. The van der Waals surface area contributed by atoms with Gasteiger partial charge in [0.2, 0.25) is 5.82 Å². The van der Waals surface area contributed by atoms with E-state index in [2.05, 4.69) is 29.0 Å². The lowest BCUT2D eigenvalue weighted by Gasteiger charge is -2.31. The highest BCUT2D eigenvalue weighted by atomic mass is 16.5. The fourth-order valence-corrected chi connectivity index (χ4v) is 3.65. The van der Waals surface area contributed by atoms with Crippen molar-refractivity contribution in [3.63, 3.8) is 0 Å². The van der Waals surface area contributed by atoms with Crippen LogP contribution in [0.4, 0.5) is 0 Å². The molecule has 1 aliphatic heterocycles. The molecule has 7 nitrogen and oxygen atoms in total. The van der Waals surface area contributed by atoms with Crippen LogP contribution in [0.25, 0.3) is 33.9 Å². The van der Waals surface area contributed by atoms with Gasteiger partial charge in [-0.05, 0) is 42.2 Å². The molecule has 0 amide bonds. The van der Waals surface area contributed by atoms with Gasteiger partial charge in [0.1, 0.15) is 11.5 Å². The molecule has 0 aliphatic carbocycles. The number of hydrogen-bond donors (Lipinski definition) is 0. The summed E-state index contributed by atoms with van der Waals surface area (Å²) in [6.45, 7) is 5.07. The van der Waals surface area contributed by atoms with Crippen LogP contribution in [-0.4, -0.2) is 24.7 Å². The molecule has 4 heterocycles. The van der Waals surface area contributed by atoms with E-state index in [0.29, 0.717) is 34.9 Å². The summed E-state index contributed by atoms with van der Waals surface area (Å²) < 4.78 is 7.23. The number of hydrogen-bond acceptors (Lipinski definition) is 6. The summed E-state index contributed by atoms with van der Waals surface area (Å²) in [5.74, 6) is 1.65. The zero-order valence-corrected chi connectivity index (χ0v) is 15.7. The molecule has 1 aliphatic rings. The van der Waals surface area contributed by atoms with Crippen molar-refractivity contribution in [2.45, 2.75) is 33.2 Å². The van der Waals surface area contributed by atoms with E-state index in [0.717, 1.165) is 24.2 Å². The number of nitrogens with zero attached hydrogens (tertiary/aromatic N) is 5. The van der Waals surface area contributed by atoms with E-state index < -0.39 is 0 Å². The first-order valence-corrected chi connectivity index (χ1v) is 9.29. The van der Waals surface area contributed by atoms with Gasteiger partial charge < -0.3 is 4.52 Å². The summed E-state index contributed by atoms with van der Waals surface area (Å²) in [4.78, 5) is 26.4. The monoisotopic (exact) mass is 373 g/mol. The quantitative estimate of drug-likeness (QED) is 0.535. The van der Waals surface area contributed by atoms with Crippen LogP contribution >= 0.6 is 0 Å². The number of pyridine rings is 1. The largest absolute Gasteiger partial charge is 0.334 e. The van der Waals surface area contributed by atoms with Crippen LogP contribution in [0.3, 0.4) is 0 Å². The van der Waals surface area contributed by atoms with Gasteiger partial charge in [0, 0.05) is 24.7 Å². The van der Waals surface area contributed by atoms with E-state index in [-0.39, 0.29) is 11.0 Å². The molecule has 4 aromatic rings. The first-order chi connectivity index (χ1) is 13.5. The Morgan fingerprint density at radius 1 is 1.14 bits per heavy atom. The van der Waals surface area contributed by atoms with Gasteiger partial charge in [-0.15, -0.1) is 0 Å². The second kappa shape index (κ2) is 6.09. The van der Waals surface area contributed by atoms with E-state index >= 15 is 0 Å². The zero-order chi connectivity index (χ0) is 19.3. The standard InChI is InChI=1S/C21H19N5O2/c1-21(2)9-8-17-23-16-11-13(6-7-14(16)20(27)26(17)12-21)19-24-18(25-28-19)15-5-3-4-10-22-15/h3-7,10-11H,8-9,12H2,1-2H3. The Bertz CT molecular complexity index is 1240. The summed E-state index contributed by atoms with van der Waals surface area (Å²) in [5.41, 5.74) is 2.16. The van der Waals surface area contributed by atoms with Crippen molar-refractivity contribution in [2.24, 2.45) is 5.41 Å². The smallest absolute Gasteiger partial charge is 0.261 e. The average Bonchev–Trinajstić information content (AvgIpc) is 3.19. The Morgan fingerprint density at radius 2 is 2.04 bits per heavy atom. The Morgan fingerprint density at radius 3 is 2.86 bits per heavy atom. The molecular formula is C21H19N5O2. The summed E-state index contributed by atoms with van der Waals surface area (Å²) in [7, 11) is 0. The fourth-order valence-electron chi connectivity index (χ4n) is 3.65. The third kappa shape index (κ3) is 2.79. The maximum Gasteiger partial charge on any atom is 0.261 e. The minimum absolute atomic E-state index is 0.0130. The normalized spacial score (nSPS) is 15.5. The van der Waals surface area contributed by atoms with Crippen LogP contribution < -0.4 is 5.56 Å². The lowest BCUT2D eigenvalue weighted by molar-refractivity contribution is 0.240. The van der Waals surface area contributed by atoms with E-state index in [1.807, 2.05) is 34.9 Å². The third-order valence-electron chi connectivity index (χ3n) is 5.21. The van der Waals surface area contributed by atoms with Gasteiger partial charge in [0.25, 0.3) is 11.4 Å². The minimum Gasteiger partial charge on any atom is -0.334 e. The highest BCUT2D eigenvalue weighted by Crippen LogP contribution is 2.30. The lowest BCUT2D eigenvalue weighted by Crippen LogP contribution is -2.36. The maximum absolute atomic E-state index is 13.0. The number of aromatic nitrogens is 5. The van der Waals surface area contributed by atoms with Crippen LogP contribution in [0.5, 0.6) is 0 Å². The van der Waals surface area contributed by atoms with Gasteiger partial charge >= 0.3 is 0 Å². The summed E-state index contributed by atoms with van der Waals surface area (Å²) in [6.07, 6.45) is 3.50. The van der Waals surface area contributed by atoms with Gasteiger partial charge in [-0.1, -0.05) is 25.1 Å². The zero-order valence-electron chi connectivity index (χ0n) is 15.7. The molecule has 0 fully saturated rings. The predicted molar refractivity (Wildman–Crippen MR) is 105 cm³/mol. The molecule has 0 atom stereocenters. The van der Waals surface area contributed by atoms with Gasteiger partial charge in [-0.25, -0.2) is 4.98 Å². The average molecular weight is 373 g/mol. The molecule has 3 aromatic heterocycles. The van der Waals surface area contributed by atoms with Crippen molar-refractivity contribution in [3.8, 4) is 23.0 Å². The topological polar surface area (TPSA) is 86.7 Å². The Hall–Kier alpha value is -3.35. The molecule has 0 saturated carbocycles. The Labute approximate surface area is 161 Å². The number of aryl methyl sites for hydroxylation is 1. The number of fused-ring (bicyclic) bond motifs is 2. The minimum atomic E-state index is 0.0130. The number of rotatable bonds is 2. The Kier molecular flexibility index (Phi) is 3.65. The van der Waals surface area contributed by atoms with Crippen LogP contribution in [0.2, 0.25) is 0 Å². The second-order valence-corrected chi connectivity index (χ2v) is 7.95. The van der Waals surface area contributed by atoms with Crippen molar-refractivity contribution in [1.82, 2.24) is 24.7 Å². The SMILES string of the molecule is CC1(C)CCc2nc3cc(-c4nc(-c5ccccn5)no4)ccc3c(=O)n2C1. The molecule has 28 heavy (non-hydrogen) atoms. The molecule has 0 radical (unpaired) electrons. The van der Waals surface area contributed by atoms with E-state index in [9.17, 15) is 4.79 Å². The van der Waals surface area contributed by atoms with Gasteiger partial charge in [0.15, 0.2) is 0 Å². The van der Waals surface area contributed by atoms with Gasteiger partial charge in [-0.2, -0.15) is 4.98 Å². The van der Waals surface area contributed by atoms with E-state index in [1.165, 1.54) is 0 Å². The van der Waals surface area contributed by atoms with Crippen LogP contribution in [-0.2, 0) is 13.0 Å². The molecule has 0 unspecified atom stereocenters. The predicted octanol–water partition coefficient (Wildman–Crippen LogP) is 3.48. The molecule has 0 saturated heterocycles. The van der Waals surface area contributed by atoms with E-state index in [1.54, 1.807) is 12.3 Å². The maximum atomic E-state index is 13.0. The van der Waals surface area contributed by atoms with Crippen molar-refractivity contribution in [1.29, 1.82) is 0 Å². The van der Waals surface area contributed by atoms with Crippen molar-refractivity contribution in [3.05, 3.63) is 58.8 Å². The first kappa shape index (κ1) is 16.8. The number of benzene rings is 1. The van der Waals surface area contributed by atoms with Gasteiger partial charge in [-0.3, -0.25) is 14.3 Å². The van der Waals surface area contributed by atoms with Crippen molar-refractivity contribution in [2.75, 3.05) is 0 Å². The first-order valence-electron chi connectivity index (χ1n) is 9.29. The van der Waals surface area contributed by atoms with Crippen LogP contribution in [0.1, 0.15) is 26.1 Å². The van der Waals surface area contributed by atoms with Crippen molar-refractivity contribution >= 4 is 10.9 Å². The molecule has 0 bridgehead atoms. The summed E-state index contributed by atoms with van der Waals surface area (Å²) in [6, 6.07) is 11.0. The lowest BCUT2D eigenvalue weighted by atomic mass is 9.85.